The first-order valence-corrected chi connectivity index (χ1v) is 11.5. The van der Waals surface area contributed by atoms with Crippen molar-refractivity contribution < 1.29 is 13.5 Å². The Hall–Kier alpha value is -3.14. The fraction of sp³-hybridized carbons (Fsp3) is 0.321. The largest absolute Gasteiger partial charge is 0.494 e. The number of hydrogen-bond donors (Lipinski definition) is 0. The molecule has 1 aromatic heterocycles. The average molecular weight is 432 g/mol. The van der Waals surface area contributed by atoms with E-state index in [4.69, 9.17) is 9.15 Å². The van der Waals surface area contributed by atoms with Gasteiger partial charge in [-0.15, -0.1) is 0 Å². The van der Waals surface area contributed by atoms with Crippen molar-refractivity contribution in [2.75, 3.05) is 6.61 Å². The minimum Gasteiger partial charge on any atom is -0.494 e. The van der Waals surface area contributed by atoms with Gasteiger partial charge >= 0.3 is 0 Å². The number of hydrogen-bond acceptors (Lipinski definition) is 3. The molecular weight excluding hydrogens is 401 g/mol. The molecule has 0 spiro atoms. The number of unbranched alkanes of at least 4 members (excludes halogenated alkanes) is 5. The second-order valence-corrected chi connectivity index (χ2v) is 8.33. The SMILES string of the molecule is CCCCCCCCOc1ccc(-c2ccc(-c3nc4cc(C)ccc4o3)cc2F)cc1. The molecule has 0 radical (unpaired) electrons. The summed E-state index contributed by atoms with van der Waals surface area (Å²) in [5.41, 5.74) is 4.57. The Kier molecular flexibility index (Phi) is 7.21. The second kappa shape index (κ2) is 10.4. The minimum absolute atomic E-state index is 0.304. The molecule has 0 bridgehead atoms. The molecule has 4 aromatic rings. The Morgan fingerprint density at radius 2 is 1.59 bits per heavy atom. The van der Waals surface area contributed by atoms with E-state index in [1.165, 1.54) is 38.2 Å². The van der Waals surface area contributed by atoms with Gasteiger partial charge in [0.1, 0.15) is 17.1 Å². The van der Waals surface area contributed by atoms with Crippen LogP contribution >= 0.6 is 0 Å². The predicted octanol–water partition coefficient (Wildman–Crippen LogP) is 8.35. The van der Waals surface area contributed by atoms with Crippen molar-refractivity contribution in [2.24, 2.45) is 0 Å². The minimum atomic E-state index is -0.304. The maximum Gasteiger partial charge on any atom is 0.227 e. The van der Waals surface area contributed by atoms with Crippen molar-refractivity contribution in [3.63, 3.8) is 0 Å². The number of ether oxygens (including phenoxy) is 1. The first-order valence-electron chi connectivity index (χ1n) is 11.5. The van der Waals surface area contributed by atoms with Gasteiger partial charge in [0.25, 0.3) is 0 Å². The molecule has 1 heterocycles. The van der Waals surface area contributed by atoms with E-state index >= 15 is 0 Å². The highest BCUT2D eigenvalue weighted by Crippen LogP contribution is 2.30. The van der Waals surface area contributed by atoms with Crippen molar-refractivity contribution in [3.05, 3.63) is 72.0 Å². The molecule has 0 saturated carbocycles. The lowest BCUT2D eigenvalue weighted by Crippen LogP contribution is -1.97. The van der Waals surface area contributed by atoms with E-state index in [0.717, 1.165) is 35.4 Å². The lowest BCUT2D eigenvalue weighted by Gasteiger charge is -2.09. The normalized spacial score (nSPS) is 11.2. The third-order valence-corrected chi connectivity index (χ3v) is 5.69. The van der Waals surface area contributed by atoms with Gasteiger partial charge < -0.3 is 9.15 Å². The molecule has 0 unspecified atom stereocenters. The van der Waals surface area contributed by atoms with E-state index in [1.807, 2.05) is 55.5 Å². The molecule has 4 heteroatoms. The maximum atomic E-state index is 14.9. The molecule has 3 aromatic carbocycles. The molecule has 0 atom stereocenters. The lowest BCUT2D eigenvalue weighted by molar-refractivity contribution is 0.304. The zero-order valence-corrected chi connectivity index (χ0v) is 18.9. The smallest absolute Gasteiger partial charge is 0.227 e. The highest BCUT2D eigenvalue weighted by Gasteiger charge is 2.12. The Labute approximate surface area is 189 Å². The Balaban J connectivity index is 1.39. The van der Waals surface area contributed by atoms with Crippen LogP contribution in [-0.2, 0) is 0 Å². The average Bonchev–Trinajstić information content (AvgIpc) is 3.22. The molecule has 0 amide bonds. The van der Waals surface area contributed by atoms with Gasteiger partial charge in [-0.1, -0.05) is 63.3 Å². The summed E-state index contributed by atoms with van der Waals surface area (Å²) in [6.45, 7) is 4.96. The Bertz CT molecular complexity index is 1160. The van der Waals surface area contributed by atoms with E-state index in [-0.39, 0.29) is 5.82 Å². The fourth-order valence-electron chi connectivity index (χ4n) is 3.85. The molecule has 4 rings (SSSR count). The third kappa shape index (κ3) is 5.37. The van der Waals surface area contributed by atoms with Gasteiger partial charge in [0.15, 0.2) is 5.58 Å². The molecule has 3 nitrogen and oxygen atoms in total. The van der Waals surface area contributed by atoms with Crippen LogP contribution in [0.25, 0.3) is 33.7 Å². The van der Waals surface area contributed by atoms with Gasteiger partial charge in [-0.25, -0.2) is 9.37 Å². The van der Waals surface area contributed by atoms with E-state index < -0.39 is 0 Å². The summed E-state index contributed by atoms with van der Waals surface area (Å²) in [6.07, 6.45) is 7.43. The first-order chi connectivity index (χ1) is 15.6. The van der Waals surface area contributed by atoms with Crippen molar-refractivity contribution in [3.8, 4) is 28.3 Å². The number of oxazole rings is 1. The highest BCUT2D eigenvalue weighted by molar-refractivity contribution is 5.77. The topological polar surface area (TPSA) is 35.3 Å². The number of aryl methyl sites for hydroxylation is 1. The number of nitrogens with zero attached hydrogens (tertiary/aromatic N) is 1. The predicted molar refractivity (Wildman–Crippen MR) is 128 cm³/mol. The number of aromatic nitrogens is 1. The summed E-state index contributed by atoms with van der Waals surface area (Å²) >= 11 is 0. The van der Waals surface area contributed by atoms with Crippen LogP contribution in [0.5, 0.6) is 5.75 Å². The van der Waals surface area contributed by atoms with Gasteiger partial charge in [0.05, 0.1) is 6.61 Å². The van der Waals surface area contributed by atoms with Crippen molar-refractivity contribution in [1.82, 2.24) is 4.98 Å². The van der Waals surface area contributed by atoms with E-state index in [9.17, 15) is 4.39 Å². The van der Waals surface area contributed by atoms with Crippen molar-refractivity contribution in [1.29, 1.82) is 0 Å². The standard InChI is InChI=1S/C28H30FNO2/c1-3-4-5-6-7-8-17-31-23-13-10-21(11-14-23)24-15-12-22(19-25(24)29)28-30-26-18-20(2)9-16-27(26)32-28/h9-16,18-19H,3-8,17H2,1-2H3. The summed E-state index contributed by atoms with van der Waals surface area (Å²) < 4.78 is 26.6. The maximum absolute atomic E-state index is 14.9. The molecule has 0 saturated heterocycles. The Morgan fingerprint density at radius 3 is 2.38 bits per heavy atom. The van der Waals surface area contributed by atoms with Crippen LogP contribution in [0.2, 0.25) is 0 Å². The van der Waals surface area contributed by atoms with Crippen LogP contribution < -0.4 is 4.74 Å². The highest BCUT2D eigenvalue weighted by atomic mass is 19.1. The number of halogens is 1. The molecule has 0 aliphatic heterocycles. The van der Waals surface area contributed by atoms with Crippen LogP contribution in [-0.4, -0.2) is 11.6 Å². The molecule has 0 fully saturated rings. The van der Waals surface area contributed by atoms with Crippen LogP contribution in [0.4, 0.5) is 4.39 Å². The van der Waals surface area contributed by atoms with Gasteiger partial charge in [0, 0.05) is 11.1 Å². The molecule has 0 N–H and O–H groups in total. The molecule has 32 heavy (non-hydrogen) atoms. The zero-order chi connectivity index (χ0) is 22.3. The quantitative estimate of drug-likeness (QED) is 0.237. The molecular formula is C28H30FNO2. The third-order valence-electron chi connectivity index (χ3n) is 5.69. The van der Waals surface area contributed by atoms with Crippen molar-refractivity contribution >= 4 is 11.1 Å². The van der Waals surface area contributed by atoms with E-state index in [1.54, 1.807) is 6.07 Å². The van der Waals surface area contributed by atoms with Gasteiger partial charge in [-0.05, 0) is 60.9 Å². The summed E-state index contributed by atoms with van der Waals surface area (Å²) in [7, 11) is 0. The molecule has 0 aliphatic carbocycles. The number of fused-ring (bicyclic) bond motifs is 1. The Morgan fingerprint density at radius 1 is 0.844 bits per heavy atom. The van der Waals surface area contributed by atoms with Crippen molar-refractivity contribution in [2.45, 2.75) is 52.4 Å². The lowest BCUT2D eigenvalue weighted by atomic mass is 10.0. The summed E-state index contributed by atoms with van der Waals surface area (Å²) in [4.78, 5) is 4.51. The second-order valence-electron chi connectivity index (χ2n) is 8.33. The van der Waals surface area contributed by atoms with E-state index in [0.29, 0.717) is 22.6 Å². The van der Waals surface area contributed by atoms with Crippen LogP contribution in [0.15, 0.2) is 65.1 Å². The van der Waals surface area contributed by atoms with Crippen LogP contribution in [0.1, 0.15) is 51.0 Å². The van der Waals surface area contributed by atoms with Crippen LogP contribution in [0, 0.1) is 12.7 Å². The zero-order valence-electron chi connectivity index (χ0n) is 18.9. The first kappa shape index (κ1) is 22.1. The van der Waals surface area contributed by atoms with Gasteiger partial charge in [-0.2, -0.15) is 0 Å². The summed E-state index contributed by atoms with van der Waals surface area (Å²) in [5, 5.41) is 0. The fourth-order valence-corrected chi connectivity index (χ4v) is 3.85. The molecule has 166 valence electrons. The summed E-state index contributed by atoms with van der Waals surface area (Å²) in [5.74, 6) is 0.942. The van der Waals surface area contributed by atoms with Gasteiger partial charge in [0.2, 0.25) is 5.89 Å². The monoisotopic (exact) mass is 431 g/mol. The van der Waals surface area contributed by atoms with E-state index in [2.05, 4.69) is 11.9 Å². The number of benzene rings is 3. The molecule has 0 aliphatic rings. The van der Waals surface area contributed by atoms with Gasteiger partial charge in [-0.3, -0.25) is 0 Å². The number of rotatable bonds is 10. The van der Waals surface area contributed by atoms with Crippen LogP contribution in [0.3, 0.4) is 0 Å². The summed E-state index contributed by atoms with van der Waals surface area (Å²) in [6, 6.07) is 18.5.